The van der Waals surface area contributed by atoms with Crippen LogP contribution >= 0.6 is 23.2 Å². The third-order valence-electron chi connectivity index (χ3n) is 4.35. The minimum absolute atomic E-state index is 0.0241. The summed E-state index contributed by atoms with van der Waals surface area (Å²) in [6.07, 6.45) is -2.50. The van der Waals surface area contributed by atoms with Gasteiger partial charge in [0.1, 0.15) is 4.49 Å². The van der Waals surface area contributed by atoms with Crippen LogP contribution in [0.25, 0.3) is 11.4 Å². The number of carbonyl (C=O) groups is 1. The molecule has 3 rings (SSSR count). The zero-order valence-corrected chi connectivity index (χ0v) is 16.6. The summed E-state index contributed by atoms with van der Waals surface area (Å²) >= 11 is 11.1. The van der Waals surface area contributed by atoms with E-state index in [1.807, 2.05) is 6.92 Å². The molecule has 11 heteroatoms. The van der Waals surface area contributed by atoms with Gasteiger partial charge in [-0.25, -0.2) is 5.06 Å². The molecule has 0 radical (unpaired) electrons. The van der Waals surface area contributed by atoms with Crippen molar-refractivity contribution in [2.75, 3.05) is 6.61 Å². The van der Waals surface area contributed by atoms with E-state index in [-0.39, 0.29) is 35.3 Å². The molecule has 0 N–H and O–H groups in total. The Labute approximate surface area is 174 Å². The lowest BCUT2D eigenvalue weighted by atomic mass is 10.1. The van der Waals surface area contributed by atoms with Crippen molar-refractivity contribution in [3.8, 4) is 11.4 Å². The normalized spacial score (nSPS) is 18.4. The summed E-state index contributed by atoms with van der Waals surface area (Å²) in [5, 5.41) is 4.58. The highest BCUT2D eigenvalue weighted by molar-refractivity contribution is 6.55. The minimum atomic E-state index is -4.70. The molecule has 2 unspecified atom stereocenters. The molecule has 1 fully saturated rings. The van der Waals surface area contributed by atoms with Crippen LogP contribution < -0.4 is 0 Å². The van der Waals surface area contributed by atoms with Gasteiger partial charge in [-0.1, -0.05) is 59.5 Å². The van der Waals surface area contributed by atoms with Gasteiger partial charge in [0.15, 0.2) is 0 Å². The van der Waals surface area contributed by atoms with Gasteiger partial charge in [0.2, 0.25) is 11.7 Å². The highest BCUT2D eigenvalue weighted by atomic mass is 35.5. The molecular formula is C18H16Cl2F3N3O3. The van der Waals surface area contributed by atoms with Crippen LogP contribution in [0.2, 0.25) is 0 Å². The molecule has 156 valence electrons. The number of hydrogen-bond acceptors (Lipinski definition) is 5. The number of benzene rings is 1. The maximum Gasteiger partial charge on any atom is 0.471 e. The van der Waals surface area contributed by atoms with Crippen molar-refractivity contribution in [3.05, 3.63) is 46.3 Å². The van der Waals surface area contributed by atoms with Crippen molar-refractivity contribution >= 4 is 29.1 Å². The lowest BCUT2D eigenvalue weighted by Gasteiger charge is -2.21. The van der Waals surface area contributed by atoms with E-state index in [1.54, 1.807) is 12.1 Å². The van der Waals surface area contributed by atoms with Gasteiger partial charge in [-0.3, -0.25) is 9.63 Å². The smallest absolute Gasteiger partial charge is 0.329 e. The van der Waals surface area contributed by atoms with E-state index in [0.717, 1.165) is 6.42 Å². The number of alkyl halides is 3. The fourth-order valence-electron chi connectivity index (χ4n) is 2.61. The molecule has 1 heterocycles. The van der Waals surface area contributed by atoms with Gasteiger partial charge < -0.3 is 4.52 Å². The molecule has 1 aromatic carbocycles. The number of nitrogens with zero attached hydrogens (tertiary/aromatic N) is 3. The predicted molar refractivity (Wildman–Crippen MR) is 98.3 cm³/mol. The number of amides is 1. The summed E-state index contributed by atoms with van der Waals surface area (Å²) < 4.78 is 42.0. The van der Waals surface area contributed by atoms with Gasteiger partial charge in [-0.2, -0.15) is 18.2 Å². The molecule has 0 saturated heterocycles. The van der Waals surface area contributed by atoms with Gasteiger partial charge in [-0.05, 0) is 24.0 Å². The van der Waals surface area contributed by atoms with E-state index in [9.17, 15) is 18.0 Å². The van der Waals surface area contributed by atoms with Crippen LogP contribution in [-0.4, -0.2) is 27.7 Å². The number of halogens is 5. The molecule has 0 bridgehead atoms. The molecule has 1 amide bonds. The first-order valence-corrected chi connectivity index (χ1v) is 9.36. The monoisotopic (exact) mass is 449 g/mol. The standard InChI is InChI=1S/C18H16Cl2F3N3O3/c1-10-8-13(10)16(27)26(28-7-6-14(19)20)9-11-2-4-12(5-3-11)15-24-17(29-25-15)18(21,22)23/h2-6,10,13H,7-9H2,1H3. The molecule has 29 heavy (non-hydrogen) atoms. The average Bonchev–Trinajstić information content (AvgIpc) is 3.16. The number of hydroxylamine groups is 2. The molecule has 1 aliphatic carbocycles. The summed E-state index contributed by atoms with van der Waals surface area (Å²) in [4.78, 5) is 21.4. The lowest BCUT2D eigenvalue weighted by molar-refractivity contribution is -0.187. The van der Waals surface area contributed by atoms with Crippen molar-refractivity contribution < 1.29 is 27.3 Å². The van der Waals surface area contributed by atoms with Crippen LogP contribution in [0.3, 0.4) is 0 Å². The van der Waals surface area contributed by atoms with E-state index in [4.69, 9.17) is 28.0 Å². The maximum atomic E-state index is 12.6. The topological polar surface area (TPSA) is 68.5 Å². The Morgan fingerprint density at radius 2 is 2.00 bits per heavy atom. The van der Waals surface area contributed by atoms with E-state index >= 15 is 0 Å². The van der Waals surface area contributed by atoms with Gasteiger partial charge in [-0.15, -0.1) is 0 Å². The maximum absolute atomic E-state index is 12.6. The predicted octanol–water partition coefficient (Wildman–Crippen LogP) is 4.99. The van der Waals surface area contributed by atoms with Crippen molar-refractivity contribution in [3.63, 3.8) is 0 Å². The molecule has 1 saturated carbocycles. The van der Waals surface area contributed by atoms with Gasteiger partial charge in [0, 0.05) is 11.5 Å². The number of carbonyl (C=O) groups excluding carboxylic acids is 1. The number of rotatable bonds is 7. The zero-order valence-electron chi connectivity index (χ0n) is 15.1. The summed E-state index contributed by atoms with van der Waals surface area (Å²) in [5.74, 6) is -1.53. The second kappa shape index (κ2) is 8.73. The Balaban J connectivity index is 1.70. The molecule has 0 aliphatic heterocycles. The van der Waals surface area contributed by atoms with Crippen molar-refractivity contribution in [1.82, 2.24) is 15.2 Å². The number of aromatic nitrogens is 2. The Morgan fingerprint density at radius 3 is 2.52 bits per heavy atom. The Bertz CT molecular complexity index is 896. The Kier molecular flexibility index (Phi) is 6.50. The fourth-order valence-corrected chi connectivity index (χ4v) is 2.74. The number of hydrogen-bond donors (Lipinski definition) is 0. The fraction of sp³-hybridized carbons (Fsp3) is 0.389. The van der Waals surface area contributed by atoms with Gasteiger partial charge in [0.05, 0.1) is 13.2 Å². The molecule has 2 atom stereocenters. The molecule has 6 nitrogen and oxygen atoms in total. The molecule has 0 spiro atoms. The second-order valence-electron chi connectivity index (χ2n) is 6.60. The highest BCUT2D eigenvalue weighted by Gasteiger charge is 2.42. The zero-order chi connectivity index (χ0) is 21.2. The first-order valence-electron chi connectivity index (χ1n) is 8.61. The van der Waals surface area contributed by atoms with Crippen LogP contribution in [0.15, 0.2) is 39.4 Å². The van der Waals surface area contributed by atoms with E-state index in [2.05, 4.69) is 14.7 Å². The summed E-state index contributed by atoms with van der Waals surface area (Å²) in [7, 11) is 0. The van der Waals surface area contributed by atoms with Crippen LogP contribution in [0.5, 0.6) is 0 Å². The van der Waals surface area contributed by atoms with Crippen LogP contribution in [-0.2, 0) is 22.4 Å². The first-order chi connectivity index (χ1) is 13.6. The largest absolute Gasteiger partial charge is 0.471 e. The first kappa shape index (κ1) is 21.6. The van der Waals surface area contributed by atoms with Gasteiger partial charge >= 0.3 is 12.1 Å². The minimum Gasteiger partial charge on any atom is -0.329 e. The Morgan fingerprint density at radius 1 is 1.34 bits per heavy atom. The van der Waals surface area contributed by atoms with E-state index in [0.29, 0.717) is 17.0 Å². The average molecular weight is 450 g/mol. The summed E-state index contributed by atoms with van der Waals surface area (Å²) in [6, 6.07) is 6.36. The highest BCUT2D eigenvalue weighted by Crippen LogP contribution is 2.39. The van der Waals surface area contributed by atoms with Crippen molar-refractivity contribution in [1.29, 1.82) is 0 Å². The lowest BCUT2D eigenvalue weighted by Crippen LogP contribution is -2.32. The molecule has 2 aromatic rings. The molecular weight excluding hydrogens is 434 g/mol. The van der Waals surface area contributed by atoms with E-state index in [1.165, 1.54) is 23.3 Å². The Hall–Kier alpha value is -2.10. The second-order valence-corrected chi connectivity index (χ2v) is 7.61. The van der Waals surface area contributed by atoms with Crippen LogP contribution in [0, 0.1) is 11.8 Å². The summed E-state index contributed by atoms with van der Waals surface area (Å²) in [6.45, 7) is 2.15. The third kappa shape index (κ3) is 5.71. The SMILES string of the molecule is CC1CC1C(=O)N(Cc1ccc(-c2noc(C(F)(F)F)n2)cc1)OCC=C(Cl)Cl. The molecule has 1 aromatic heterocycles. The quantitative estimate of drug-likeness (QED) is 0.556. The van der Waals surface area contributed by atoms with Crippen LogP contribution in [0.4, 0.5) is 13.2 Å². The third-order valence-corrected chi connectivity index (χ3v) is 4.66. The molecule has 1 aliphatic rings. The van der Waals surface area contributed by atoms with Crippen molar-refractivity contribution in [2.45, 2.75) is 26.1 Å². The summed E-state index contributed by atoms with van der Waals surface area (Å²) in [5.41, 5.74) is 1.05. The van der Waals surface area contributed by atoms with Crippen LogP contribution in [0.1, 0.15) is 24.8 Å². The van der Waals surface area contributed by atoms with Crippen molar-refractivity contribution in [2.24, 2.45) is 11.8 Å². The van der Waals surface area contributed by atoms with Gasteiger partial charge in [0.25, 0.3) is 0 Å². The van der Waals surface area contributed by atoms with E-state index < -0.39 is 12.1 Å².